The van der Waals surface area contributed by atoms with Crippen molar-refractivity contribution in [1.29, 1.82) is 0 Å². The average Bonchev–Trinajstić information content (AvgIpc) is 2.99. The largest absolute Gasteiger partial charge is 0.434 e. The van der Waals surface area contributed by atoms with E-state index in [0.29, 0.717) is 10.9 Å². The van der Waals surface area contributed by atoms with Gasteiger partial charge >= 0.3 is 6.61 Å². The number of aliphatic hydroxyl groups is 1. The fraction of sp³-hybridized carbons (Fsp3) is 0.267. The van der Waals surface area contributed by atoms with Crippen molar-refractivity contribution in [2.75, 3.05) is 6.54 Å². The maximum absolute atomic E-state index is 13.1. The molecule has 1 unspecified atom stereocenters. The molecule has 1 amide bonds. The molecule has 4 nitrogen and oxygen atoms in total. The Kier molecular flexibility index (Phi) is 5.27. The molecule has 124 valence electrons. The molecule has 8 heteroatoms. The molecule has 0 radical (unpaired) electrons. The smallest absolute Gasteiger partial charge is 0.387 e. The molecule has 0 saturated carbocycles. The van der Waals surface area contributed by atoms with Gasteiger partial charge in [-0.3, -0.25) is 4.79 Å². The molecular formula is C15H14F3NO3S. The van der Waals surface area contributed by atoms with Gasteiger partial charge in [0.25, 0.3) is 5.91 Å². The van der Waals surface area contributed by atoms with Gasteiger partial charge in [-0.2, -0.15) is 8.78 Å². The van der Waals surface area contributed by atoms with E-state index < -0.39 is 29.7 Å². The van der Waals surface area contributed by atoms with E-state index in [9.17, 15) is 23.1 Å². The number of hydrogen-bond acceptors (Lipinski definition) is 4. The number of nitrogens with one attached hydrogen (secondary N) is 1. The van der Waals surface area contributed by atoms with Crippen molar-refractivity contribution in [3.05, 3.63) is 52.0 Å². The van der Waals surface area contributed by atoms with Crippen LogP contribution in [0, 0.1) is 5.82 Å². The normalized spacial score (nSPS) is 13.7. The second-order valence-electron chi connectivity index (χ2n) is 4.95. The Bertz CT molecular complexity index is 675. The van der Waals surface area contributed by atoms with E-state index >= 15 is 0 Å². The minimum atomic E-state index is -3.18. The van der Waals surface area contributed by atoms with Gasteiger partial charge in [0.05, 0.1) is 12.1 Å². The monoisotopic (exact) mass is 345 g/mol. The summed E-state index contributed by atoms with van der Waals surface area (Å²) in [5.41, 5.74) is -1.55. The Morgan fingerprint density at radius 1 is 1.43 bits per heavy atom. The van der Waals surface area contributed by atoms with E-state index in [1.54, 1.807) is 17.5 Å². The molecule has 0 fully saturated rings. The number of benzene rings is 1. The van der Waals surface area contributed by atoms with E-state index in [2.05, 4.69) is 10.1 Å². The minimum Gasteiger partial charge on any atom is -0.434 e. The van der Waals surface area contributed by atoms with Crippen LogP contribution < -0.4 is 10.1 Å². The highest BCUT2D eigenvalue weighted by atomic mass is 32.1. The van der Waals surface area contributed by atoms with Crippen molar-refractivity contribution < 1.29 is 27.8 Å². The van der Waals surface area contributed by atoms with E-state index in [1.165, 1.54) is 18.3 Å². The standard InChI is InChI=1S/C15H14F3NO3S/c1-15(21,12-3-2-6-23-12)8-19-13(20)10-5-4-9(16)7-11(10)22-14(17)18/h2-7,14,21H,8H2,1H3,(H,19,20). The van der Waals surface area contributed by atoms with Crippen LogP contribution in [0.25, 0.3) is 0 Å². The molecular weight excluding hydrogens is 331 g/mol. The van der Waals surface area contributed by atoms with Crippen molar-refractivity contribution in [3.8, 4) is 5.75 Å². The van der Waals surface area contributed by atoms with Crippen LogP contribution in [0.2, 0.25) is 0 Å². The van der Waals surface area contributed by atoms with Crippen LogP contribution >= 0.6 is 11.3 Å². The lowest BCUT2D eigenvalue weighted by Gasteiger charge is -2.22. The van der Waals surface area contributed by atoms with Crippen molar-refractivity contribution >= 4 is 17.2 Å². The number of halogens is 3. The van der Waals surface area contributed by atoms with Crippen LogP contribution in [0.1, 0.15) is 22.2 Å². The molecule has 23 heavy (non-hydrogen) atoms. The quantitative estimate of drug-likeness (QED) is 0.846. The third kappa shape index (κ3) is 4.46. The fourth-order valence-corrected chi connectivity index (χ4v) is 2.68. The van der Waals surface area contributed by atoms with E-state index in [-0.39, 0.29) is 12.1 Å². The van der Waals surface area contributed by atoms with Crippen molar-refractivity contribution in [2.24, 2.45) is 0 Å². The van der Waals surface area contributed by atoms with Crippen LogP contribution in [-0.4, -0.2) is 24.2 Å². The molecule has 1 aromatic heterocycles. The number of carbonyl (C=O) groups excluding carboxylic acids is 1. The number of alkyl halides is 2. The van der Waals surface area contributed by atoms with Crippen molar-refractivity contribution in [1.82, 2.24) is 5.32 Å². The lowest BCUT2D eigenvalue weighted by Crippen LogP contribution is -2.38. The van der Waals surface area contributed by atoms with Gasteiger partial charge in [-0.05, 0) is 30.5 Å². The molecule has 0 aliphatic rings. The maximum atomic E-state index is 13.1. The Morgan fingerprint density at radius 3 is 2.78 bits per heavy atom. The summed E-state index contributed by atoms with van der Waals surface area (Å²) >= 11 is 1.32. The fourth-order valence-electron chi connectivity index (χ4n) is 1.90. The van der Waals surface area contributed by atoms with Gasteiger partial charge in [-0.1, -0.05) is 6.07 Å². The summed E-state index contributed by atoms with van der Waals surface area (Å²) in [6.45, 7) is -1.81. The summed E-state index contributed by atoms with van der Waals surface area (Å²) in [4.78, 5) is 12.7. The molecule has 2 aromatic rings. The van der Waals surface area contributed by atoms with Gasteiger partial charge in [0, 0.05) is 10.9 Å². The lowest BCUT2D eigenvalue weighted by atomic mass is 10.0. The van der Waals surface area contributed by atoms with Gasteiger partial charge in [0.15, 0.2) is 0 Å². The first-order valence-electron chi connectivity index (χ1n) is 6.58. The van der Waals surface area contributed by atoms with Gasteiger partial charge in [0.2, 0.25) is 0 Å². The minimum absolute atomic E-state index is 0.141. The molecule has 1 atom stereocenters. The summed E-state index contributed by atoms with van der Waals surface area (Å²) in [7, 11) is 0. The molecule has 0 spiro atoms. The third-order valence-corrected chi connectivity index (χ3v) is 4.17. The first-order valence-corrected chi connectivity index (χ1v) is 7.46. The van der Waals surface area contributed by atoms with Gasteiger partial charge in [0.1, 0.15) is 17.2 Å². The number of thiophene rings is 1. The van der Waals surface area contributed by atoms with Crippen LogP contribution in [0.15, 0.2) is 35.7 Å². The first-order chi connectivity index (χ1) is 10.8. The molecule has 1 aromatic carbocycles. The number of hydrogen-bond donors (Lipinski definition) is 2. The predicted octanol–water partition coefficient (Wildman–Crippen LogP) is 3.13. The average molecular weight is 345 g/mol. The summed E-state index contributed by atoms with van der Waals surface area (Å²) in [5.74, 6) is -2.12. The Labute approximate surface area is 134 Å². The van der Waals surface area contributed by atoms with Crippen LogP contribution in [0.3, 0.4) is 0 Å². The van der Waals surface area contributed by atoms with E-state index in [0.717, 1.165) is 12.1 Å². The third-order valence-electron chi connectivity index (χ3n) is 3.05. The van der Waals surface area contributed by atoms with Crippen molar-refractivity contribution in [3.63, 3.8) is 0 Å². The maximum Gasteiger partial charge on any atom is 0.387 e. The topological polar surface area (TPSA) is 58.6 Å². The Morgan fingerprint density at radius 2 is 2.17 bits per heavy atom. The zero-order valence-corrected chi connectivity index (χ0v) is 12.9. The summed E-state index contributed by atoms with van der Waals surface area (Å²) in [6.07, 6.45) is 0. The second-order valence-corrected chi connectivity index (χ2v) is 5.90. The van der Waals surface area contributed by atoms with Crippen LogP contribution in [0.5, 0.6) is 5.75 Å². The van der Waals surface area contributed by atoms with Gasteiger partial charge in [-0.25, -0.2) is 4.39 Å². The summed E-state index contributed by atoms with van der Waals surface area (Å²) < 4.78 is 42.0. The zero-order valence-electron chi connectivity index (χ0n) is 12.1. The number of rotatable bonds is 6. The SMILES string of the molecule is CC(O)(CNC(=O)c1ccc(F)cc1OC(F)F)c1cccs1. The number of carbonyl (C=O) groups is 1. The predicted molar refractivity (Wildman–Crippen MR) is 79.3 cm³/mol. The van der Waals surface area contributed by atoms with E-state index in [1.807, 2.05) is 0 Å². The second kappa shape index (κ2) is 7.01. The molecule has 0 saturated heterocycles. The number of amides is 1. The first kappa shape index (κ1) is 17.3. The Hall–Kier alpha value is -2.06. The highest BCUT2D eigenvalue weighted by Crippen LogP contribution is 2.25. The molecule has 1 heterocycles. The highest BCUT2D eigenvalue weighted by Gasteiger charge is 2.26. The Balaban J connectivity index is 2.12. The van der Waals surface area contributed by atoms with E-state index in [4.69, 9.17) is 0 Å². The van der Waals surface area contributed by atoms with Crippen LogP contribution in [-0.2, 0) is 5.60 Å². The van der Waals surface area contributed by atoms with Crippen LogP contribution in [0.4, 0.5) is 13.2 Å². The van der Waals surface area contributed by atoms with Crippen molar-refractivity contribution in [2.45, 2.75) is 19.1 Å². The summed E-state index contributed by atoms with van der Waals surface area (Å²) in [5, 5.41) is 14.5. The molecule has 0 aliphatic heterocycles. The highest BCUT2D eigenvalue weighted by molar-refractivity contribution is 7.10. The van der Waals surface area contributed by atoms with Gasteiger partial charge < -0.3 is 15.2 Å². The molecule has 2 N–H and O–H groups in total. The summed E-state index contributed by atoms with van der Waals surface area (Å²) in [6, 6.07) is 6.18. The van der Waals surface area contributed by atoms with Gasteiger partial charge in [-0.15, -0.1) is 11.3 Å². The molecule has 2 rings (SSSR count). The lowest BCUT2D eigenvalue weighted by molar-refractivity contribution is -0.0503. The number of ether oxygens (including phenoxy) is 1. The molecule has 0 aliphatic carbocycles. The molecule has 0 bridgehead atoms. The zero-order chi connectivity index (χ0) is 17.0.